The van der Waals surface area contributed by atoms with Crippen molar-refractivity contribution in [2.75, 3.05) is 56.3 Å². The van der Waals surface area contributed by atoms with Crippen LogP contribution in [0.5, 0.6) is 6.01 Å². The lowest BCUT2D eigenvalue weighted by Crippen LogP contribution is -2.48. The molecule has 48 heavy (non-hydrogen) atoms. The van der Waals surface area contributed by atoms with Gasteiger partial charge in [0.15, 0.2) is 0 Å². The lowest BCUT2D eigenvalue weighted by molar-refractivity contribution is -0.137. The molecule has 1 saturated heterocycles. The maximum Gasteiger partial charge on any atom is 0.421 e. The first-order chi connectivity index (χ1) is 22.9. The zero-order valence-electron chi connectivity index (χ0n) is 26.5. The highest BCUT2D eigenvalue weighted by atomic mass is 19.4. The number of ether oxygens (including phenoxy) is 1. The molecule has 0 unspecified atom stereocenters. The summed E-state index contributed by atoms with van der Waals surface area (Å²) in [6.45, 7) is 11.3. The molecule has 14 nitrogen and oxygen atoms in total. The minimum Gasteiger partial charge on any atom is -0.467 e. The molecule has 2 amide bonds. The van der Waals surface area contributed by atoms with Crippen LogP contribution in [0.4, 0.5) is 42.1 Å². The van der Waals surface area contributed by atoms with Crippen molar-refractivity contribution < 1.29 is 27.5 Å². The molecule has 0 radical (unpaired) electrons. The van der Waals surface area contributed by atoms with Gasteiger partial charge in [-0.15, -0.1) is 0 Å². The summed E-state index contributed by atoms with van der Waals surface area (Å²) in [7, 11) is 2.97. The molecule has 3 N–H and O–H groups in total. The van der Waals surface area contributed by atoms with E-state index in [0.717, 1.165) is 11.6 Å². The summed E-state index contributed by atoms with van der Waals surface area (Å²) in [6, 6.07) is 4.96. The molecule has 1 fully saturated rings. The summed E-state index contributed by atoms with van der Waals surface area (Å²) < 4.78 is 47.2. The third kappa shape index (κ3) is 9.18. The van der Waals surface area contributed by atoms with Gasteiger partial charge in [-0.25, -0.2) is 9.97 Å². The van der Waals surface area contributed by atoms with Crippen molar-refractivity contribution in [3.8, 4) is 6.01 Å². The van der Waals surface area contributed by atoms with Crippen LogP contribution in [0.1, 0.15) is 16.7 Å². The van der Waals surface area contributed by atoms with Crippen LogP contribution < -0.4 is 20.7 Å². The summed E-state index contributed by atoms with van der Waals surface area (Å²) in [6.07, 6.45) is 1.23. The molecule has 0 spiro atoms. The van der Waals surface area contributed by atoms with Gasteiger partial charge < -0.3 is 25.6 Å². The van der Waals surface area contributed by atoms with E-state index in [1.165, 1.54) is 25.7 Å². The van der Waals surface area contributed by atoms with Gasteiger partial charge in [0.05, 0.1) is 18.5 Å². The average molecular weight is 666 g/mol. The summed E-state index contributed by atoms with van der Waals surface area (Å²) in [4.78, 5) is 52.6. The number of methoxy groups -OCH3 is 1. The Kier molecular flexibility index (Phi) is 11.5. The highest BCUT2D eigenvalue weighted by molar-refractivity contribution is 6.17. The van der Waals surface area contributed by atoms with Gasteiger partial charge in [-0.05, 0) is 30.7 Å². The highest BCUT2D eigenvalue weighted by Gasteiger charge is 2.36. The fourth-order valence-electron chi connectivity index (χ4n) is 4.51. The van der Waals surface area contributed by atoms with E-state index >= 15 is 0 Å². The molecule has 1 aliphatic rings. The number of hydrogen-bond acceptors (Lipinski definition) is 12. The van der Waals surface area contributed by atoms with Crippen LogP contribution in [0.15, 0.2) is 65.5 Å². The smallest absolute Gasteiger partial charge is 0.421 e. The van der Waals surface area contributed by atoms with Gasteiger partial charge in [-0.1, -0.05) is 19.2 Å². The first kappa shape index (κ1) is 35.1. The second-order valence-corrected chi connectivity index (χ2v) is 10.4. The Labute approximate surface area is 274 Å². The molecule has 1 aliphatic heterocycles. The Morgan fingerprint density at radius 1 is 1.04 bits per heavy atom. The molecular weight excluding hydrogens is 631 g/mol. The number of carbonyl (C=O) groups excluding carboxylic acids is 2. The number of piperazine rings is 1. The number of hydrogen-bond donors (Lipinski definition) is 3. The van der Waals surface area contributed by atoms with Crippen molar-refractivity contribution in [2.45, 2.75) is 19.6 Å². The number of aromatic nitrogens is 4. The van der Waals surface area contributed by atoms with Crippen LogP contribution in [0.2, 0.25) is 0 Å². The van der Waals surface area contributed by atoms with Crippen molar-refractivity contribution in [1.29, 1.82) is 0 Å². The summed E-state index contributed by atoms with van der Waals surface area (Å²) in [5, 5.41) is 8.17. The largest absolute Gasteiger partial charge is 0.467 e. The Bertz CT molecular complexity index is 1740. The lowest BCUT2D eigenvalue weighted by Gasteiger charge is -2.34. The molecule has 0 saturated carbocycles. The maximum absolute atomic E-state index is 14.0. The van der Waals surface area contributed by atoms with Crippen LogP contribution in [0, 0.1) is 6.92 Å². The van der Waals surface area contributed by atoms with Crippen LogP contribution in [0.3, 0.4) is 0 Å². The summed E-state index contributed by atoms with van der Waals surface area (Å²) >= 11 is 0. The van der Waals surface area contributed by atoms with Gasteiger partial charge in [0, 0.05) is 70.2 Å². The summed E-state index contributed by atoms with van der Waals surface area (Å²) in [5.41, 5.74) is 0.666. The normalized spacial score (nSPS) is 13.8. The molecule has 0 bridgehead atoms. The minimum atomic E-state index is -4.80. The first-order valence-electron chi connectivity index (χ1n) is 14.5. The molecule has 3 heterocycles. The molecule has 0 aliphatic carbocycles. The number of nitrogens with zero attached hydrogens (tertiary/aromatic N) is 8. The van der Waals surface area contributed by atoms with Crippen LogP contribution in [-0.2, 0) is 22.3 Å². The minimum absolute atomic E-state index is 0.0423. The number of halogens is 3. The van der Waals surface area contributed by atoms with Gasteiger partial charge in [0.25, 0.3) is 5.91 Å². The van der Waals surface area contributed by atoms with E-state index in [1.807, 2.05) is 0 Å². The van der Waals surface area contributed by atoms with E-state index in [4.69, 9.17) is 4.74 Å². The highest BCUT2D eigenvalue weighted by Crippen LogP contribution is 2.37. The molecule has 0 atom stereocenters. The van der Waals surface area contributed by atoms with Crippen molar-refractivity contribution in [2.24, 2.45) is 9.98 Å². The molecule has 1 aromatic carbocycles. The number of benzene rings is 1. The van der Waals surface area contributed by atoms with Crippen molar-refractivity contribution in [1.82, 2.24) is 29.7 Å². The standard InChI is InChI=1S/C31H34F3N11O3/c1-6-25(46)39-24-15-21(18-44-11-13-45(14-12-44)28(47)20(3)36-10-9-35-4)7-8-23(24)40-27-22(31(32,33)34)17-37-29(42-27)41-26-19(2)16-38-30(43-26)48-5/h6-10,15-17H,1,3,11-14,18H2,2,4-5H3,(H,39,46)(H2,37,38,40,41,42,43). The Morgan fingerprint density at radius 2 is 1.79 bits per heavy atom. The van der Waals surface area contributed by atoms with Gasteiger partial charge in [0.1, 0.15) is 22.9 Å². The van der Waals surface area contributed by atoms with Crippen molar-refractivity contribution in [3.05, 3.63) is 72.2 Å². The predicted octanol–water partition coefficient (Wildman–Crippen LogP) is 4.14. The number of aryl methyl sites for hydroxylation is 1. The van der Waals surface area contributed by atoms with E-state index in [-0.39, 0.29) is 40.8 Å². The van der Waals surface area contributed by atoms with Crippen molar-refractivity contribution >= 4 is 53.2 Å². The number of carbonyl (C=O) groups is 2. The third-order valence-electron chi connectivity index (χ3n) is 7.00. The van der Waals surface area contributed by atoms with Gasteiger partial charge in [0.2, 0.25) is 11.9 Å². The quantitative estimate of drug-likeness (QED) is 0.189. The van der Waals surface area contributed by atoms with Crippen molar-refractivity contribution in [3.63, 3.8) is 0 Å². The lowest BCUT2D eigenvalue weighted by atomic mass is 10.1. The van der Waals surface area contributed by atoms with E-state index in [1.54, 1.807) is 37.1 Å². The fourth-order valence-corrected chi connectivity index (χ4v) is 4.51. The average Bonchev–Trinajstić information content (AvgIpc) is 3.06. The van der Waals surface area contributed by atoms with Crippen LogP contribution in [-0.4, -0.2) is 94.3 Å². The number of nitrogens with one attached hydrogen (secondary N) is 3. The Balaban J connectivity index is 1.55. The molecule has 3 aromatic rings. The maximum atomic E-state index is 14.0. The second kappa shape index (κ2) is 15.7. The number of alkyl halides is 3. The SMILES string of the molecule is C=CC(=O)Nc1cc(CN2CCN(C(=O)C(=C)N=CC=NC)CC2)ccc1Nc1nc(Nc2nc(OC)ncc2C)ncc1C(F)(F)F. The van der Waals surface area contributed by atoms with E-state index in [9.17, 15) is 22.8 Å². The number of aliphatic imine (C=N–C) groups is 2. The monoisotopic (exact) mass is 665 g/mol. The summed E-state index contributed by atoms with van der Waals surface area (Å²) in [5.74, 6) is -1.33. The zero-order valence-corrected chi connectivity index (χ0v) is 26.5. The second-order valence-electron chi connectivity index (χ2n) is 10.4. The number of rotatable bonds is 12. The number of anilines is 5. The van der Waals surface area contributed by atoms with E-state index in [2.05, 4.69) is 63.9 Å². The van der Waals surface area contributed by atoms with Crippen LogP contribution >= 0.6 is 0 Å². The van der Waals surface area contributed by atoms with Gasteiger partial charge >= 0.3 is 12.2 Å². The molecule has 2 aromatic heterocycles. The number of amides is 2. The topological polar surface area (TPSA) is 162 Å². The van der Waals surface area contributed by atoms with Gasteiger partial charge in [-0.2, -0.15) is 23.1 Å². The van der Waals surface area contributed by atoms with E-state index < -0.39 is 23.5 Å². The van der Waals surface area contributed by atoms with Crippen LogP contribution in [0.25, 0.3) is 0 Å². The van der Waals surface area contributed by atoms with Gasteiger partial charge in [-0.3, -0.25) is 24.5 Å². The fraction of sp³-hybridized carbons (Fsp3) is 0.290. The predicted molar refractivity (Wildman–Crippen MR) is 176 cm³/mol. The first-order valence-corrected chi connectivity index (χ1v) is 14.5. The zero-order chi connectivity index (χ0) is 34.8. The Morgan fingerprint density at radius 3 is 2.46 bits per heavy atom. The molecule has 4 rings (SSSR count). The molecular formula is C31H34F3N11O3. The Hall–Kier alpha value is -5.71. The molecule has 252 valence electrons. The molecule has 17 heteroatoms. The van der Waals surface area contributed by atoms with E-state index in [0.29, 0.717) is 44.5 Å². The third-order valence-corrected chi connectivity index (χ3v) is 7.00.